The number of aliphatic imine (C=N–C) groups is 1. The molecule has 4 unspecified atom stereocenters. The van der Waals surface area contributed by atoms with E-state index in [4.69, 9.17) is 20.5 Å². The van der Waals surface area contributed by atoms with Gasteiger partial charge in [-0.25, -0.2) is 15.4 Å². The van der Waals surface area contributed by atoms with Crippen LogP contribution >= 0.6 is 0 Å². The topological polar surface area (TPSA) is 163 Å². The van der Waals surface area contributed by atoms with Crippen LogP contribution in [0.3, 0.4) is 0 Å². The summed E-state index contributed by atoms with van der Waals surface area (Å²) in [5.74, 6) is 1.25. The summed E-state index contributed by atoms with van der Waals surface area (Å²) in [6, 6.07) is -0.276. The first-order chi connectivity index (χ1) is 14.2. The monoisotopic (exact) mass is 456 g/mol. The summed E-state index contributed by atoms with van der Waals surface area (Å²) in [6.45, 7) is 5.48. The van der Waals surface area contributed by atoms with E-state index in [2.05, 4.69) is 22.7 Å². The number of methoxy groups -OCH3 is 1. The standard InChI is InChI=1S/C16H30N4O4.C2HF3O2/c1-5-7-15(3,24-4)13(20-11(2)21)12-6-8-16(9-12,14(22)23)18-10-19-17;3-2(4,5)1(6)7/h10,12-13H,5-9,17H2,1-4H3,(H,18,19)(H,20,21)(H,22,23);(H,6,7). The molecule has 1 rings (SSSR count). The van der Waals surface area contributed by atoms with E-state index in [1.165, 1.54) is 13.3 Å². The van der Waals surface area contributed by atoms with E-state index in [1.807, 2.05) is 6.92 Å². The van der Waals surface area contributed by atoms with Gasteiger partial charge in [0.2, 0.25) is 5.91 Å². The number of carboxylic acids is 2. The van der Waals surface area contributed by atoms with Gasteiger partial charge >= 0.3 is 18.1 Å². The van der Waals surface area contributed by atoms with Crippen LogP contribution in [0.5, 0.6) is 0 Å². The van der Waals surface area contributed by atoms with E-state index in [-0.39, 0.29) is 17.9 Å². The van der Waals surface area contributed by atoms with Crippen molar-refractivity contribution in [2.75, 3.05) is 7.11 Å². The van der Waals surface area contributed by atoms with E-state index < -0.39 is 29.3 Å². The fraction of sp³-hybridized carbons (Fsp3) is 0.778. The highest BCUT2D eigenvalue weighted by Gasteiger charge is 2.51. The van der Waals surface area contributed by atoms with Crippen molar-refractivity contribution in [2.45, 2.75) is 76.2 Å². The van der Waals surface area contributed by atoms with Gasteiger partial charge in [-0.1, -0.05) is 13.3 Å². The van der Waals surface area contributed by atoms with Crippen molar-refractivity contribution in [1.82, 2.24) is 10.7 Å². The highest BCUT2D eigenvalue weighted by Crippen LogP contribution is 2.43. The maximum absolute atomic E-state index is 11.8. The molecule has 0 spiro atoms. The first kappa shape index (κ1) is 28.6. The fourth-order valence-electron chi connectivity index (χ4n) is 3.74. The second-order valence-electron chi connectivity index (χ2n) is 7.51. The number of rotatable bonds is 9. The number of nitrogens with two attached hydrogens (primary N) is 1. The molecule has 0 aliphatic heterocycles. The number of amides is 1. The molecule has 31 heavy (non-hydrogen) atoms. The molecule has 6 N–H and O–H groups in total. The molecular formula is C18H31F3N4O6. The van der Waals surface area contributed by atoms with Crippen LogP contribution in [0.1, 0.15) is 52.9 Å². The van der Waals surface area contributed by atoms with Crippen LogP contribution in [0.15, 0.2) is 4.99 Å². The Hall–Kier alpha value is -2.41. The van der Waals surface area contributed by atoms with Crippen molar-refractivity contribution in [3.63, 3.8) is 0 Å². The summed E-state index contributed by atoms with van der Waals surface area (Å²) in [4.78, 5) is 36.5. The molecule has 1 fully saturated rings. The molecule has 13 heteroatoms. The number of carbonyl (C=O) groups excluding carboxylic acids is 1. The number of carboxylic acid groups (broad SMARTS) is 2. The number of hydrogen-bond donors (Lipinski definition) is 5. The lowest BCUT2D eigenvalue weighted by Gasteiger charge is -2.40. The Morgan fingerprint density at radius 1 is 1.35 bits per heavy atom. The van der Waals surface area contributed by atoms with Crippen LogP contribution in [0.2, 0.25) is 0 Å². The summed E-state index contributed by atoms with van der Waals surface area (Å²) in [6.07, 6.45) is -0.848. The molecule has 0 heterocycles. The molecule has 1 saturated carbocycles. The molecule has 4 atom stereocenters. The van der Waals surface area contributed by atoms with Crippen molar-refractivity contribution < 1.29 is 42.5 Å². The smallest absolute Gasteiger partial charge is 0.479 e. The number of nitrogens with zero attached hydrogens (tertiary/aromatic N) is 1. The van der Waals surface area contributed by atoms with Crippen LogP contribution < -0.4 is 16.6 Å². The van der Waals surface area contributed by atoms with Crippen LogP contribution in [0, 0.1) is 5.92 Å². The Morgan fingerprint density at radius 3 is 2.26 bits per heavy atom. The predicted octanol–water partition coefficient (Wildman–Crippen LogP) is 1.44. The van der Waals surface area contributed by atoms with Gasteiger partial charge in [-0.3, -0.25) is 9.79 Å². The fourth-order valence-corrected chi connectivity index (χ4v) is 3.74. The van der Waals surface area contributed by atoms with E-state index in [1.54, 1.807) is 7.11 Å². The third kappa shape index (κ3) is 8.32. The van der Waals surface area contributed by atoms with Gasteiger partial charge in [0.1, 0.15) is 0 Å². The summed E-state index contributed by atoms with van der Waals surface area (Å²) in [5, 5.41) is 19.7. The Kier molecular flexibility index (Phi) is 10.9. The summed E-state index contributed by atoms with van der Waals surface area (Å²) in [5.41, 5.74) is 0.489. The SMILES string of the molecule is CCCC(C)(OC)C(NC(C)=O)C1CCC(N=CNN)(C(=O)O)C1.O=C(O)C(F)(F)F. The second-order valence-corrected chi connectivity index (χ2v) is 7.51. The third-order valence-electron chi connectivity index (χ3n) is 5.26. The summed E-state index contributed by atoms with van der Waals surface area (Å²) in [7, 11) is 1.63. The zero-order valence-electron chi connectivity index (χ0n) is 18.0. The molecule has 10 nitrogen and oxygen atoms in total. The molecular weight excluding hydrogens is 425 g/mol. The number of alkyl halides is 3. The average Bonchev–Trinajstić information content (AvgIpc) is 3.09. The highest BCUT2D eigenvalue weighted by atomic mass is 19.4. The predicted molar refractivity (Wildman–Crippen MR) is 105 cm³/mol. The number of hydrazine groups is 1. The molecule has 1 aliphatic carbocycles. The quantitative estimate of drug-likeness (QED) is 0.151. The minimum Gasteiger partial charge on any atom is -0.479 e. The van der Waals surface area contributed by atoms with Gasteiger partial charge in [0.05, 0.1) is 18.0 Å². The Morgan fingerprint density at radius 2 is 1.90 bits per heavy atom. The maximum Gasteiger partial charge on any atom is 0.490 e. The number of carbonyl (C=O) groups is 3. The lowest BCUT2D eigenvalue weighted by molar-refractivity contribution is -0.192. The van der Waals surface area contributed by atoms with Crippen LogP contribution in [-0.2, 0) is 19.1 Å². The normalized spacial score (nSPS) is 23.9. The van der Waals surface area contributed by atoms with Gasteiger partial charge in [-0.15, -0.1) is 0 Å². The van der Waals surface area contributed by atoms with Crippen molar-refractivity contribution in [3.05, 3.63) is 0 Å². The van der Waals surface area contributed by atoms with Gasteiger partial charge in [-0.2, -0.15) is 13.2 Å². The van der Waals surface area contributed by atoms with Crippen LogP contribution in [-0.4, -0.2) is 64.9 Å². The Bertz CT molecular complexity index is 661. The van der Waals surface area contributed by atoms with Gasteiger partial charge in [0, 0.05) is 14.0 Å². The van der Waals surface area contributed by atoms with Gasteiger partial charge < -0.3 is 25.7 Å². The van der Waals surface area contributed by atoms with Gasteiger partial charge in [0.15, 0.2) is 5.54 Å². The molecule has 1 aliphatic rings. The van der Waals surface area contributed by atoms with Gasteiger partial charge in [-0.05, 0) is 38.5 Å². The molecule has 1 amide bonds. The highest BCUT2D eigenvalue weighted by molar-refractivity contribution is 5.81. The van der Waals surface area contributed by atoms with Crippen molar-refractivity contribution >= 4 is 24.2 Å². The van der Waals surface area contributed by atoms with E-state index in [0.29, 0.717) is 19.3 Å². The van der Waals surface area contributed by atoms with E-state index in [0.717, 1.165) is 12.8 Å². The largest absolute Gasteiger partial charge is 0.490 e. The zero-order chi connectivity index (χ0) is 24.5. The first-order valence-corrected chi connectivity index (χ1v) is 9.54. The lowest BCUT2D eigenvalue weighted by atomic mass is 9.80. The maximum atomic E-state index is 11.8. The number of ether oxygens (including phenoxy) is 1. The van der Waals surface area contributed by atoms with Crippen molar-refractivity contribution in [2.24, 2.45) is 16.8 Å². The minimum absolute atomic E-state index is 0.0450. The number of nitrogens with one attached hydrogen (secondary N) is 2. The molecule has 180 valence electrons. The van der Waals surface area contributed by atoms with Gasteiger partial charge in [0.25, 0.3) is 0 Å². The first-order valence-electron chi connectivity index (χ1n) is 9.54. The van der Waals surface area contributed by atoms with E-state index >= 15 is 0 Å². The molecule has 0 saturated heterocycles. The molecule has 0 aromatic carbocycles. The average molecular weight is 456 g/mol. The lowest BCUT2D eigenvalue weighted by Crippen LogP contribution is -2.55. The van der Waals surface area contributed by atoms with Crippen LogP contribution in [0.4, 0.5) is 13.2 Å². The second kappa shape index (κ2) is 11.8. The minimum atomic E-state index is -5.08. The third-order valence-corrected chi connectivity index (χ3v) is 5.26. The van der Waals surface area contributed by atoms with Crippen LogP contribution in [0.25, 0.3) is 0 Å². The molecule has 0 aromatic rings. The summed E-state index contributed by atoms with van der Waals surface area (Å²) < 4.78 is 37.5. The molecule has 0 bridgehead atoms. The number of hydrogen-bond acceptors (Lipinski definition) is 6. The molecule has 0 aromatic heterocycles. The Labute approximate surface area is 178 Å². The zero-order valence-corrected chi connectivity index (χ0v) is 18.0. The van der Waals surface area contributed by atoms with Crippen molar-refractivity contribution in [1.29, 1.82) is 0 Å². The summed E-state index contributed by atoms with van der Waals surface area (Å²) >= 11 is 0. The Balaban J connectivity index is 0.00000110. The number of halogens is 3. The van der Waals surface area contributed by atoms with Crippen molar-refractivity contribution in [3.8, 4) is 0 Å². The number of aliphatic carboxylic acids is 2. The van der Waals surface area contributed by atoms with E-state index in [9.17, 15) is 27.9 Å². The molecule has 0 radical (unpaired) electrons.